The molecule has 2 amide bonds. The number of halogens is 1. The Morgan fingerprint density at radius 3 is 2.65 bits per heavy atom. The molecule has 1 saturated heterocycles. The zero-order valence-electron chi connectivity index (χ0n) is 11.6. The lowest BCUT2D eigenvalue weighted by atomic mass is 10.2. The number of imide groups is 1. The Morgan fingerprint density at radius 2 is 2.10 bits per heavy atom. The van der Waals surface area contributed by atoms with E-state index in [1.807, 2.05) is 0 Å². The summed E-state index contributed by atoms with van der Waals surface area (Å²) in [6.07, 6.45) is 0.0354. The minimum Gasteiger partial charge on any atom is -0.497 e. The standard InChI is InChI=1S/C14H17FN2O3/c1-8(2)17-13(18)7-12(14(17)19)16-11-6-9(20-3)4-5-10(11)15/h4-6,8,12,16H,7H2,1-3H3. The number of anilines is 1. The predicted molar refractivity (Wildman–Crippen MR) is 72.0 cm³/mol. The summed E-state index contributed by atoms with van der Waals surface area (Å²) >= 11 is 0. The maximum Gasteiger partial charge on any atom is 0.252 e. The van der Waals surface area contributed by atoms with Crippen molar-refractivity contribution in [2.45, 2.75) is 32.4 Å². The molecular weight excluding hydrogens is 263 g/mol. The van der Waals surface area contributed by atoms with E-state index in [0.29, 0.717) is 5.75 Å². The number of rotatable bonds is 4. The Labute approximate surface area is 116 Å². The maximum absolute atomic E-state index is 13.7. The Morgan fingerprint density at radius 1 is 1.40 bits per heavy atom. The number of ether oxygens (including phenoxy) is 1. The molecule has 1 aromatic carbocycles. The van der Waals surface area contributed by atoms with Crippen molar-refractivity contribution in [2.24, 2.45) is 0 Å². The van der Waals surface area contributed by atoms with Crippen molar-refractivity contribution < 1.29 is 18.7 Å². The summed E-state index contributed by atoms with van der Waals surface area (Å²) in [5, 5.41) is 2.78. The summed E-state index contributed by atoms with van der Waals surface area (Å²) in [4.78, 5) is 25.1. The molecule has 1 aromatic rings. The lowest BCUT2D eigenvalue weighted by Gasteiger charge is -2.19. The van der Waals surface area contributed by atoms with Gasteiger partial charge in [0.15, 0.2) is 0 Å². The number of hydrogen-bond acceptors (Lipinski definition) is 4. The van der Waals surface area contributed by atoms with E-state index in [1.165, 1.54) is 30.2 Å². The van der Waals surface area contributed by atoms with E-state index in [4.69, 9.17) is 4.74 Å². The number of likely N-dealkylation sites (tertiary alicyclic amines) is 1. The average molecular weight is 280 g/mol. The zero-order valence-corrected chi connectivity index (χ0v) is 11.6. The molecule has 0 aliphatic carbocycles. The summed E-state index contributed by atoms with van der Waals surface area (Å²) < 4.78 is 18.7. The molecule has 1 aliphatic heterocycles. The van der Waals surface area contributed by atoms with Crippen LogP contribution in [0.2, 0.25) is 0 Å². The minimum absolute atomic E-state index is 0.0354. The van der Waals surface area contributed by atoms with Crippen molar-refractivity contribution >= 4 is 17.5 Å². The Bertz CT molecular complexity index is 545. The average Bonchev–Trinajstić information content (AvgIpc) is 2.67. The van der Waals surface area contributed by atoms with Crippen LogP contribution in [0.5, 0.6) is 5.75 Å². The highest BCUT2D eigenvalue weighted by Gasteiger charge is 2.40. The molecule has 2 rings (SSSR count). The van der Waals surface area contributed by atoms with Gasteiger partial charge in [-0.15, -0.1) is 0 Å². The minimum atomic E-state index is -0.730. The molecule has 0 radical (unpaired) electrons. The van der Waals surface area contributed by atoms with Gasteiger partial charge in [-0.2, -0.15) is 0 Å². The first-order valence-corrected chi connectivity index (χ1v) is 6.40. The first kappa shape index (κ1) is 14.3. The third-order valence-electron chi connectivity index (χ3n) is 3.20. The third-order valence-corrected chi connectivity index (χ3v) is 3.20. The number of nitrogens with one attached hydrogen (secondary N) is 1. The Hall–Kier alpha value is -2.11. The van der Waals surface area contributed by atoms with E-state index in [2.05, 4.69) is 5.32 Å². The van der Waals surface area contributed by atoms with Gasteiger partial charge in [-0.05, 0) is 26.0 Å². The van der Waals surface area contributed by atoms with Gasteiger partial charge >= 0.3 is 0 Å². The maximum atomic E-state index is 13.7. The van der Waals surface area contributed by atoms with Gasteiger partial charge in [-0.1, -0.05) is 0 Å². The van der Waals surface area contributed by atoms with Crippen molar-refractivity contribution in [2.75, 3.05) is 12.4 Å². The number of benzene rings is 1. The third kappa shape index (κ3) is 2.59. The topological polar surface area (TPSA) is 58.6 Å². The van der Waals surface area contributed by atoms with Crippen LogP contribution in [0.25, 0.3) is 0 Å². The smallest absolute Gasteiger partial charge is 0.252 e. The lowest BCUT2D eigenvalue weighted by Crippen LogP contribution is -2.39. The van der Waals surface area contributed by atoms with Gasteiger partial charge in [-0.25, -0.2) is 4.39 Å². The Balaban J connectivity index is 2.19. The van der Waals surface area contributed by atoms with Crippen LogP contribution in [0.4, 0.5) is 10.1 Å². The molecule has 1 heterocycles. The monoisotopic (exact) mass is 280 g/mol. The van der Waals surface area contributed by atoms with E-state index in [-0.39, 0.29) is 30.0 Å². The molecule has 1 atom stereocenters. The summed E-state index contributed by atoms with van der Waals surface area (Å²) in [7, 11) is 1.47. The molecule has 20 heavy (non-hydrogen) atoms. The van der Waals surface area contributed by atoms with Gasteiger partial charge in [0.1, 0.15) is 17.6 Å². The van der Waals surface area contributed by atoms with Crippen LogP contribution in [0.15, 0.2) is 18.2 Å². The highest BCUT2D eigenvalue weighted by molar-refractivity contribution is 6.07. The Kier molecular flexibility index (Phi) is 3.92. The van der Waals surface area contributed by atoms with Crippen molar-refractivity contribution in [3.05, 3.63) is 24.0 Å². The van der Waals surface area contributed by atoms with Crippen LogP contribution in [0, 0.1) is 5.82 Å². The van der Waals surface area contributed by atoms with Crippen LogP contribution in [-0.2, 0) is 9.59 Å². The second-order valence-corrected chi connectivity index (χ2v) is 4.94. The van der Waals surface area contributed by atoms with E-state index in [9.17, 15) is 14.0 Å². The van der Waals surface area contributed by atoms with Crippen LogP contribution < -0.4 is 10.1 Å². The first-order valence-electron chi connectivity index (χ1n) is 6.40. The fraction of sp³-hybridized carbons (Fsp3) is 0.429. The molecular formula is C14H17FN2O3. The second-order valence-electron chi connectivity index (χ2n) is 4.94. The normalized spacial score (nSPS) is 18.9. The number of nitrogens with zero attached hydrogens (tertiary/aromatic N) is 1. The second kappa shape index (κ2) is 5.48. The van der Waals surface area contributed by atoms with Gasteiger partial charge in [0.05, 0.1) is 19.2 Å². The first-order chi connectivity index (χ1) is 9.43. The predicted octanol–water partition coefficient (Wildman–Crippen LogP) is 1.78. The van der Waals surface area contributed by atoms with Crippen LogP contribution in [0.3, 0.4) is 0 Å². The SMILES string of the molecule is COc1ccc(F)c(NC2CC(=O)N(C(C)C)C2=O)c1. The zero-order chi connectivity index (χ0) is 14.9. The molecule has 0 saturated carbocycles. The highest BCUT2D eigenvalue weighted by atomic mass is 19.1. The summed E-state index contributed by atoms with van der Waals surface area (Å²) in [5.74, 6) is -0.585. The van der Waals surface area contributed by atoms with E-state index < -0.39 is 11.9 Å². The van der Waals surface area contributed by atoms with Crippen LogP contribution in [0.1, 0.15) is 20.3 Å². The molecule has 6 heteroatoms. The van der Waals surface area contributed by atoms with E-state index in [1.54, 1.807) is 13.8 Å². The van der Waals surface area contributed by atoms with Crippen molar-refractivity contribution in [1.29, 1.82) is 0 Å². The van der Waals surface area contributed by atoms with Gasteiger partial charge in [0, 0.05) is 12.1 Å². The molecule has 1 aliphatic rings. The number of amides is 2. The van der Waals surface area contributed by atoms with Crippen molar-refractivity contribution in [3.8, 4) is 5.75 Å². The molecule has 0 spiro atoms. The fourth-order valence-corrected chi connectivity index (χ4v) is 2.24. The van der Waals surface area contributed by atoms with Gasteiger partial charge < -0.3 is 10.1 Å². The highest BCUT2D eigenvalue weighted by Crippen LogP contribution is 2.25. The summed E-state index contributed by atoms with van der Waals surface area (Å²) in [5.41, 5.74) is 0.154. The molecule has 1 unspecified atom stereocenters. The van der Waals surface area contributed by atoms with Gasteiger partial charge in [0.2, 0.25) is 5.91 Å². The van der Waals surface area contributed by atoms with E-state index >= 15 is 0 Å². The van der Waals surface area contributed by atoms with Crippen molar-refractivity contribution in [1.82, 2.24) is 4.90 Å². The molecule has 108 valence electrons. The number of carbonyl (C=O) groups is 2. The molecule has 5 nitrogen and oxygen atoms in total. The van der Waals surface area contributed by atoms with E-state index in [0.717, 1.165) is 0 Å². The number of carbonyl (C=O) groups excluding carboxylic acids is 2. The number of hydrogen-bond donors (Lipinski definition) is 1. The summed E-state index contributed by atoms with van der Waals surface area (Å²) in [6.45, 7) is 3.54. The van der Waals surface area contributed by atoms with Gasteiger partial charge in [-0.3, -0.25) is 14.5 Å². The van der Waals surface area contributed by atoms with Crippen molar-refractivity contribution in [3.63, 3.8) is 0 Å². The largest absolute Gasteiger partial charge is 0.497 e. The fourth-order valence-electron chi connectivity index (χ4n) is 2.24. The van der Waals surface area contributed by atoms with Crippen LogP contribution in [-0.4, -0.2) is 35.9 Å². The molecule has 1 fully saturated rings. The number of methoxy groups -OCH3 is 1. The summed E-state index contributed by atoms with van der Waals surface area (Å²) in [6, 6.07) is 3.28. The lowest BCUT2D eigenvalue weighted by molar-refractivity contribution is -0.140. The molecule has 0 bridgehead atoms. The van der Waals surface area contributed by atoms with Gasteiger partial charge in [0.25, 0.3) is 5.91 Å². The molecule has 0 aromatic heterocycles. The quantitative estimate of drug-likeness (QED) is 0.854. The molecule has 1 N–H and O–H groups in total. The van der Waals surface area contributed by atoms with Crippen LogP contribution >= 0.6 is 0 Å².